The van der Waals surface area contributed by atoms with Gasteiger partial charge in [0, 0.05) is 17.3 Å². The van der Waals surface area contributed by atoms with Crippen LogP contribution in [-0.4, -0.2) is 32.1 Å². The summed E-state index contributed by atoms with van der Waals surface area (Å²) in [4.78, 5) is 4.46. The van der Waals surface area contributed by atoms with E-state index in [0.717, 1.165) is 11.1 Å². The summed E-state index contributed by atoms with van der Waals surface area (Å²) in [5.74, 6) is 2.12. The molecule has 0 unspecified atom stereocenters. The number of aromatic hydroxyl groups is 1. The number of aliphatic imine (C=N–C) groups is 1. The lowest BCUT2D eigenvalue weighted by atomic mass is 9.98. The van der Waals surface area contributed by atoms with Crippen LogP contribution in [0.25, 0.3) is 22.5 Å². The topological polar surface area (TPSA) is 97.2 Å². The first-order valence-corrected chi connectivity index (χ1v) is 11.4. The molecule has 4 aromatic rings. The summed E-state index contributed by atoms with van der Waals surface area (Å²) in [6, 6.07) is 20.1. The Balaban J connectivity index is 1.85. The molecule has 0 aliphatic carbocycles. The molecule has 0 amide bonds. The zero-order valence-electron chi connectivity index (χ0n) is 19.9. The van der Waals surface area contributed by atoms with Crippen LogP contribution in [-0.2, 0) is 0 Å². The van der Waals surface area contributed by atoms with E-state index in [2.05, 4.69) is 11.1 Å². The van der Waals surface area contributed by atoms with Crippen LogP contribution >= 0.6 is 11.6 Å². The predicted octanol–water partition coefficient (Wildman–Crippen LogP) is 7.01. The summed E-state index contributed by atoms with van der Waals surface area (Å²) < 4.78 is 22.1. The van der Waals surface area contributed by atoms with Gasteiger partial charge in [-0.2, -0.15) is 5.26 Å². The minimum Gasteiger partial charge on any atom is -0.503 e. The second-order valence-electron chi connectivity index (χ2n) is 7.60. The highest BCUT2D eigenvalue weighted by atomic mass is 35.5. The summed E-state index contributed by atoms with van der Waals surface area (Å²) >= 11 is 6.15. The number of halogens is 1. The fourth-order valence-electron chi connectivity index (χ4n) is 3.66. The van der Waals surface area contributed by atoms with Crippen molar-refractivity contribution in [2.24, 2.45) is 4.99 Å². The van der Waals surface area contributed by atoms with Crippen LogP contribution in [0.5, 0.6) is 23.0 Å². The molecule has 0 bridgehead atoms. The molecular weight excluding hydrogens is 480 g/mol. The zero-order chi connectivity index (χ0) is 25.7. The summed E-state index contributed by atoms with van der Waals surface area (Å²) in [6.45, 7) is 2.16. The normalized spacial score (nSPS) is 10.9. The molecule has 36 heavy (non-hydrogen) atoms. The van der Waals surface area contributed by atoms with E-state index in [1.165, 1.54) is 6.21 Å². The molecule has 182 valence electrons. The van der Waals surface area contributed by atoms with Crippen molar-refractivity contribution in [3.8, 4) is 51.5 Å². The third-order valence-electron chi connectivity index (χ3n) is 5.41. The van der Waals surface area contributed by atoms with Crippen LogP contribution in [0, 0.1) is 11.3 Å². The number of ether oxygens (including phenoxy) is 3. The molecule has 1 heterocycles. The van der Waals surface area contributed by atoms with E-state index in [1.54, 1.807) is 33.3 Å². The Morgan fingerprint density at radius 1 is 1.00 bits per heavy atom. The Bertz CT molecular complexity index is 1440. The lowest BCUT2D eigenvalue weighted by Crippen LogP contribution is -1.94. The number of hydrogen-bond acceptors (Lipinski definition) is 7. The lowest BCUT2D eigenvalue weighted by Gasteiger charge is -2.07. The molecule has 0 fully saturated rings. The molecular formula is C28H23ClN2O5. The maximum absolute atomic E-state index is 10.1. The van der Waals surface area contributed by atoms with Gasteiger partial charge in [-0.25, -0.2) is 4.99 Å². The van der Waals surface area contributed by atoms with Gasteiger partial charge in [0.1, 0.15) is 28.9 Å². The van der Waals surface area contributed by atoms with E-state index in [4.69, 9.17) is 30.2 Å². The van der Waals surface area contributed by atoms with Gasteiger partial charge in [0.2, 0.25) is 5.88 Å². The maximum atomic E-state index is 10.1. The Morgan fingerprint density at radius 3 is 2.17 bits per heavy atom. The smallest absolute Gasteiger partial charge is 0.238 e. The molecule has 4 rings (SSSR count). The molecule has 0 atom stereocenters. The molecule has 8 heteroatoms. The second kappa shape index (κ2) is 10.9. The number of phenolic OH excluding ortho intramolecular Hbond substituents is 1. The van der Waals surface area contributed by atoms with Crippen LogP contribution in [0.1, 0.15) is 18.1 Å². The van der Waals surface area contributed by atoms with Gasteiger partial charge >= 0.3 is 0 Å². The van der Waals surface area contributed by atoms with Crippen LogP contribution in [0.4, 0.5) is 5.88 Å². The SMILES string of the molecule is CCOc1cc(C=Nc2oc(-c3ccc(OC)cc3)c(-c3ccc(OC)cc3)c2C#N)cc(Cl)c1O. The number of rotatable bonds is 8. The summed E-state index contributed by atoms with van der Waals surface area (Å²) in [5.41, 5.74) is 2.98. The van der Waals surface area contributed by atoms with Crippen molar-refractivity contribution < 1.29 is 23.7 Å². The summed E-state index contributed by atoms with van der Waals surface area (Å²) in [7, 11) is 3.19. The fraction of sp³-hybridized carbons (Fsp3) is 0.143. The molecule has 1 N–H and O–H groups in total. The van der Waals surface area contributed by atoms with E-state index < -0.39 is 0 Å². The molecule has 0 aliphatic rings. The quantitative estimate of drug-likeness (QED) is 0.260. The van der Waals surface area contributed by atoms with Crippen LogP contribution in [0.15, 0.2) is 70.1 Å². The first-order chi connectivity index (χ1) is 17.5. The summed E-state index contributed by atoms with van der Waals surface area (Å²) in [6.07, 6.45) is 1.50. The maximum Gasteiger partial charge on any atom is 0.238 e. The van der Waals surface area contributed by atoms with Gasteiger partial charge in [0.05, 0.1) is 25.8 Å². The minimum atomic E-state index is -0.144. The summed E-state index contributed by atoms with van der Waals surface area (Å²) in [5, 5.41) is 20.3. The van der Waals surface area contributed by atoms with E-state index in [1.807, 2.05) is 48.5 Å². The third-order valence-corrected chi connectivity index (χ3v) is 5.70. The first-order valence-electron chi connectivity index (χ1n) is 11.0. The minimum absolute atomic E-state index is 0.125. The van der Waals surface area contributed by atoms with E-state index >= 15 is 0 Å². The van der Waals surface area contributed by atoms with E-state index in [-0.39, 0.29) is 28.0 Å². The molecule has 0 saturated carbocycles. The van der Waals surface area contributed by atoms with Gasteiger partial charge in [-0.1, -0.05) is 23.7 Å². The van der Waals surface area contributed by atoms with Crippen LogP contribution in [0.2, 0.25) is 5.02 Å². The van der Waals surface area contributed by atoms with Gasteiger partial charge in [0.25, 0.3) is 0 Å². The number of phenols is 1. The van der Waals surface area contributed by atoms with E-state index in [0.29, 0.717) is 35.0 Å². The van der Waals surface area contributed by atoms with Crippen molar-refractivity contribution in [3.63, 3.8) is 0 Å². The average molecular weight is 503 g/mol. The number of benzene rings is 3. The van der Waals surface area contributed by atoms with Crippen molar-refractivity contribution in [1.29, 1.82) is 5.26 Å². The lowest BCUT2D eigenvalue weighted by molar-refractivity contribution is 0.318. The highest BCUT2D eigenvalue weighted by Gasteiger charge is 2.23. The van der Waals surface area contributed by atoms with Gasteiger partial charge in [-0.15, -0.1) is 0 Å². The van der Waals surface area contributed by atoms with Crippen molar-refractivity contribution in [1.82, 2.24) is 0 Å². The van der Waals surface area contributed by atoms with Gasteiger partial charge in [-0.3, -0.25) is 0 Å². The highest BCUT2D eigenvalue weighted by molar-refractivity contribution is 6.32. The molecule has 1 aromatic heterocycles. The monoisotopic (exact) mass is 502 g/mol. The second-order valence-corrected chi connectivity index (χ2v) is 8.00. The molecule has 0 spiro atoms. The van der Waals surface area contributed by atoms with Crippen LogP contribution in [0.3, 0.4) is 0 Å². The van der Waals surface area contributed by atoms with Crippen molar-refractivity contribution in [2.75, 3.05) is 20.8 Å². The first kappa shape index (κ1) is 24.7. The zero-order valence-corrected chi connectivity index (χ0v) is 20.7. The molecule has 0 aliphatic heterocycles. The Labute approximate surface area is 213 Å². The van der Waals surface area contributed by atoms with Crippen molar-refractivity contribution in [3.05, 3.63) is 76.8 Å². The molecule has 0 radical (unpaired) electrons. The fourth-order valence-corrected chi connectivity index (χ4v) is 3.88. The van der Waals surface area contributed by atoms with Crippen molar-refractivity contribution >= 4 is 23.7 Å². The average Bonchev–Trinajstić information content (AvgIpc) is 3.28. The van der Waals surface area contributed by atoms with Crippen LogP contribution < -0.4 is 14.2 Å². The standard InChI is InChI=1S/C28H23ClN2O5/c1-4-35-24-14-17(13-23(29)26(24)32)16-31-28-22(15-30)25(18-5-9-20(33-2)10-6-18)27(36-28)19-7-11-21(34-3)12-8-19/h5-14,16,32H,4H2,1-3H3. The number of nitriles is 1. The van der Waals surface area contributed by atoms with Crippen molar-refractivity contribution in [2.45, 2.75) is 6.92 Å². The van der Waals surface area contributed by atoms with Gasteiger partial charge in [-0.05, 0) is 66.6 Å². The van der Waals surface area contributed by atoms with Gasteiger partial charge < -0.3 is 23.7 Å². The van der Waals surface area contributed by atoms with E-state index in [9.17, 15) is 10.4 Å². The molecule has 7 nitrogen and oxygen atoms in total. The number of nitrogens with zero attached hydrogens (tertiary/aromatic N) is 2. The number of furan rings is 1. The third kappa shape index (κ3) is 4.99. The molecule has 0 saturated heterocycles. The Morgan fingerprint density at radius 2 is 1.61 bits per heavy atom. The predicted molar refractivity (Wildman–Crippen MR) is 139 cm³/mol. The highest BCUT2D eigenvalue weighted by Crippen LogP contribution is 2.43. The largest absolute Gasteiger partial charge is 0.503 e. The number of methoxy groups -OCH3 is 2. The Kier molecular flexibility index (Phi) is 7.47. The Hall–Kier alpha value is -4.41. The number of hydrogen-bond donors (Lipinski definition) is 1. The molecule has 3 aromatic carbocycles. The van der Waals surface area contributed by atoms with Gasteiger partial charge in [0.15, 0.2) is 11.5 Å².